The van der Waals surface area contributed by atoms with Crippen LogP contribution in [0.2, 0.25) is 0 Å². The number of ether oxygens (including phenoxy) is 1. The largest absolute Gasteiger partial charge is 0.462 e. The van der Waals surface area contributed by atoms with E-state index in [4.69, 9.17) is 10.00 Å². The minimum Gasteiger partial charge on any atom is -0.462 e. The van der Waals surface area contributed by atoms with E-state index in [1.807, 2.05) is 6.92 Å². The molecule has 140 valence electrons. The van der Waals surface area contributed by atoms with Crippen LogP contribution in [0.25, 0.3) is 10.8 Å². The van der Waals surface area contributed by atoms with Crippen LogP contribution in [0.5, 0.6) is 0 Å². The van der Waals surface area contributed by atoms with E-state index in [1.54, 1.807) is 37.3 Å². The lowest BCUT2D eigenvalue weighted by Crippen LogP contribution is -2.37. The van der Waals surface area contributed by atoms with Gasteiger partial charge in [0.2, 0.25) is 0 Å². The third-order valence-electron chi connectivity index (χ3n) is 3.54. The molecule has 1 heterocycles. The minimum absolute atomic E-state index is 0.0502. The number of aromatic nitrogens is 2. The molecule has 0 unspecified atom stereocenters. The lowest BCUT2D eigenvalue weighted by Gasteiger charge is -2.10. The highest BCUT2D eigenvalue weighted by atomic mass is 16.5. The molecule has 0 aliphatic carbocycles. The summed E-state index contributed by atoms with van der Waals surface area (Å²) in [5, 5.41) is 13.9. The molecule has 0 aliphatic heterocycles. The topological polar surface area (TPSA) is 126 Å². The summed E-state index contributed by atoms with van der Waals surface area (Å²) in [4.78, 5) is 36.5. The second-order valence-corrected chi connectivity index (χ2v) is 5.41. The number of hydrogen-bond donors (Lipinski definition) is 2. The van der Waals surface area contributed by atoms with Crippen LogP contribution in [0.4, 0.5) is 0 Å². The highest BCUT2D eigenvalue weighted by Crippen LogP contribution is 2.13. The zero-order chi connectivity index (χ0) is 19.8. The number of aryl methyl sites for hydroxylation is 1. The molecule has 0 bridgehead atoms. The Morgan fingerprint density at radius 3 is 2.63 bits per heavy atom. The molecule has 1 aromatic carbocycles. The highest BCUT2D eigenvalue weighted by molar-refractivity contribution is 6.04. The summed E-state index contributed by atoms with van der Waals surface area (Å²) in [7, 11) is 0. The van der Waals surface area contributed by atoms with Crippen molar-refractivity contribution < 1.29 is 14.3 Å². The summed E-state index contributed by atoms with van der Waals surface area (Å²) in [5.74, 6) is -1.42. The van der Waals surface area contributed by atoms with Gasteiger partial charge in [-0.25, -0.2) is 9.48 Å². The number of nitrogens with zero attached hydrogens (tertiary/aromatic N) is 3. The summed E-state index contributed by atoms with van der Waals surface area (Å²) in [5.41, 5.74) is 4.21. The summed E-state index contributed by atoms with van der Waals surface area (Å²) in [6.45, 7) is 4.01. The van der Waals surface area contributed by atoms with Crippen molar-refractivity contribution in [1.29, 1.82) is 5.26 Å². The van der Waals surface area contributed by atoms with Crippen LogP contribution in [0.1, 0.15) is 30.8 Å². The van der Waals surface area contributed by atoms with E-state index in [2.05, 4.69) is 16.0 Å². The van der Waals surface area contributed by atoms with Gasteiger partial charge in [0.15, 0.2) is 11.3 Å². The molecule has 27 heavy (non-hydrogen) atoms. The Bertz CT molecular complexity index is 987. The van der Waals surface area contributed by atoms with Gasteiger partial charge >= 0.3 is 5.97 Å². The first-order valence-corrected chi connectivity index (χ1v) is 8.36. The minimum atomic E-state index is -0.804. The molecule has 0 aliphatic rings. The van der Waals surface area contributed by atoms with Gasteiger partial charge in [-0.05, 0) is 19.4 Å². The quantitative estimate of drug-likeness (QED) is 0.323. The molecule has 1 aromatic heterocycles. The maximum absolute atomic E-state index is 12.5. The lowest BCUT2D eigenvalue weighted by atomic mass is 10.1. The number of rotatable bonds is 7. The lowest BCUT2D eigenvalue weighted by molar-refractivity contribution is -0.138. The van der Waals surface area contributed by atoms with Gasteiger partial charge in [0.05, 0.1) is 12.0 Å². The third-order valence-corrected chi connectivity index (χ3v) is 3.54. The van der Waals surface area contributed by atoms with Crippen molar-refractivity contribution in [2.24, 2.45) is 0 Å². The number of carbonyl (C=O) groups is 2. The molecule has 9 nitrogen and oxygen atoms in total. The zero-order valence-corrected chi connectivity index (χ0v) is 15.0. The molecule has 9 heteroatoms. The number of esters is 1. The van der Waals surface area contributed by atoms with E-state index in [0.717, 1.165) is 6.20 Å². The van der Waals surface area contributed by atoms with Crippen LogP contribution in [0, 0.1) is 11.3 Å². The number of nitriles is 1. The van der Waals surface area contributed by atoms with Gasteiger partial charge in [0.25, 0.3) is 11.5 Å². The fourth-order valence-electron chi connectivity index (χ4n) is 2.34. The average molecular weight is 369 g/mol. The molecular formula is C18H19N5O4. The summed E-state index contributed by atoms with van der Waals surface area (Å²) < 4.78 is 5.96. The number of fused-ring (bicyclic) bond motifs is 1. The summed E-state index contributed by atoms with van der Waals surface area (Å²) in [6.07, 6.45) is 1.71. The van der Waals surface area contributed by atoms with Gasteiger partial charge in [0.1, 0.15) is 6.07 Å². The third kappa shape index (κ3) is 4.49. The van der Waals surface area contributed by atoms with Crippen molar-refractivity contribution in [3.05, 3.63) is 52.1 Å². The second kappa shape index (κ2) is 9.15. The molecule has 0 spiro atoms. The number of hydrazine groups is 1. The smallest absolute Gasteiger partial charge is 0.350 e. The van der Waals surface area contributed by atoms with Crippen molar-refractivity contribution in [2.45, 2.75) is 26.8 Å². The predicted octanol–water partition coefficient (Wildman–Crippen LogP) is 1.01. The maximum Gasteiger partial charge on any atom is 0.350 e. The number of nitrogens with one attached hydrogen (secondary N) is 2. The molecule has 2 rings (SSSR count). The van der Waals surface area contributed by atoms with Gasteiger partial charge in [-0.1, -0.05) is 25.1 Å². The van der Waals surface area contributed by atoms with Gasteiger partial charge in [-0.3, -0.25) is 15.0 Å². The molecule has 1 amide bonds. The first-order chi connectivity index (χ1) is 13.0. The fourth-order valence-corrected chi connectivity index (χ4v) is 2.34. The van der Waals surface area contributed by atoms with E-state index >= 15 is 0 Å². The monoisotopic (exact) mass is 369 g/mol. The highest BCUT2D eigenvalue weighted by Gasteiger charge is 2.16. The Kier molecular flexibility index (Phi) is 6.66. The van der Waals surface area contributed by atoms with Crippen LogP contribution in [0.3, 0.4) is 0 Å². The van der Waals surface area contributed by atoms with Crippen LogP contribution in [-0.2, 0) is 16.1 Å². The number of hydrogen-bond acceptors (Lipinski definition) is 7. The summed E-state index contributed by atoms with van der Waals surface area (Å²) in [6, 6.07) is 8.34. The molecule has 0 radical (unpaired) electrons. The zero-order valence-electron chi connectivity index (χ0n) is 15.0. The second-order valence-electron chi connectivity index (χ2n) is 5.41. The Morgan fingerprint density at radius 1 is 1.30 bits per heavy atom. The van der Waals surface area contributed by atoms with Gasteiger partial charge < -0.3 is 10.2 Å². The van der Waals surface area contributed by atoms with Crippen molar-refractivity contribution in [1.82, 2.24) is 20.6 Å². The van der Waals surface area contributed by atoms with Crippen molar-refractivity contribution >= 4 is 22.6 Å². The van der Waals surface area contributed by atoms with Crippen LogP contribution >= 0.6 is 0 Å². The Balaban J connectivity index is 2.30. The Labute approximate surface area is 155 Å². The number of benzene rings is 1. The molecule has 0 fully saturated rings. The van der Waals surface area contributed by atoms with Crippen LogP contribution in [-0.4, -0.2) is 28.3 Å². The molecular weight excluding hydrogens is 350 g/mol. The molecule has 0 atom stereocenters. The molecule has 2 aromatic rings. The Hall–Kier alpha value is -3.67. The van der Waals surface area contributed by atoms with Gasteiger partial charge in [0, 0.05) is 18.1 Å². The van der Waals surface area contributed by atoms with E-state index < -0.39 is 11.9 Å². The standard InChI is InChI=1S/C18H19N5O4/c1-3-9-23-17(25)14-8-6-5-7-13(14)15(22-23)16(24)21-20-11-12(10-19)18(26)27-4-2/h5-8,11,20H,3-4,9H2,1-2H3,(H,21,24)/b12-11+. The SMILES string of the molecule is CCCn1nc(C(=O)NN/C=C(\C#N)C(=O)OCC)c2ccccc2c1=O. The van der Waals surface area contributed by atoms with Gasteiger partial charge in [-0.2, -0.15) is 10.4 Å². The number of amides is 1. The molecule has 0 saturated heterocycles. The first kappa shape index (κ1) is 19.7. The van der Waals surface area contributed by atoms with E-state index in [1.165, 1.54) is 4.68 Å². The fraction of sp³-hybridized carbons (Fsp3) is 0.278. The maximum atomic E-state index is 12.5. The van der Waals surface area contributed by atoms with E-state index in [9.17, 15) is 14.4 Å². The molecule has 2 N–H and O–H groups in total. The van der Waals surface area contributed by atoms with Crippen LogP contribution in [0.15, 0.2) is 40.8 Å². The van der Waals surface area contributed by atoms with Gasteiger partial charge in [-0.15, -0.1) is 0 Å². The van der Waals surface area contributed by atoms with E-state index in [0.29, 0.717) is 23.7 Å². The van der Waals surface area contributed by atoms with Crippen molar-refractivity contribution in [3.8, 4) is 6.07 Å². The van der Waals surface area contributed by atoms with Crippen LogP contribution < -0.4 is 16.4 Å². The average Bonchev–Trinajstić information content (AvgIpc) is 2.67. The normalized spacial score (nSPS) is 10.9. The van der Waals surface area contributed by atoms with Crippen molar-refractivity contribution in [3.63, 3.8) is 0 Å². The summed E-state index contributed by atoms with van der Waals surface area (Å²) >= 11 is 0. The first-order valence-electron chi connectivity index (χ1n) is 8.36. The predicted molar refractivity (Wildman–Crippen MR) is 97.2 cm³/mol. The molecule has 0 saturated carbocycles. The Morgan fingerprint density at radius 2 is 2.00 bits per heavy atom. The van der Waals surface area contributed by atoms with Crippen molar-refractivity contribution in [2.75, 3.05) is 6.61 Å². The van der Waals surface area contributed by atoms with E-state index in [-0.39, 0.29) is 23.4 Å². The number of carbonyl (C=O) groups excluding carboxylic acids is 2.